The molecule has 0 N–H and O–H groups in total. The average molecular weight is 141 g/mol. The summed E-state index contributed by atoms with van der Waals surface area (Å²) in [7, 11) is 1.93. The van der Waals surface area contributed by atoms with Gasteiger partial charge in [0.1, 0.15) is 6.20 Å². The molecule has 0 atom stereocenters. The summed E-state index contributed by atoms with van der Waals surface area (Å²) in [4.78, 5) is 0. The van der Waals surface area contributed by atoms with Crippen LogP contribution < -0.4 is 0 Å². The van der Waals surface area contributed by atoms with Crippen LogP contribution >= 0.6 is 11.8 Å². The fourth-order valence-corrected chi connectivity index (χ4v) is 1.43. The maximum atomic E-state index is 3.96. The van der Waals surface area contributed by atoms with Crippen LogP contribution in [0.1, 0.15) is 5.56 Å². The maximum Gasteiger partial charge on any atom is 0.117 e. The predicted octanol–water partition coefficient (Wildman–Crippen LogP) is 1.25. The van der Waals surface area contributed by atoms with E-state index in [4.69, 9.17) is 0 Å². The Labute approximate surface area is 59.3 Å². The topological polar surface area (TPSA) is 17.8 Å². The summed E-state index contributed by atoms with van der Waals surface area (Å²) in [5.41, 5.74) is 1.13. The molecule has 3 heteroatoms. The summed E-state index contributed by atoms with van der Waals surface area (Å²) in [5.74, 6) is 0. The molecule has 0 fully saturated rings. The maximum absolute atomic E-state index is 3.96. The van der Waals surface area contributed by atoms with E-state index in [1.54, 1.807) is 11.8 Å². The van der Waals surface area contributed by atoms with Gasteiger partial charge < -0.3 is 0 Å². The molecule has 0 saturated heterocycles. The molecule has 0 spiro atoms. The fourth-order valence-electron chi connectivity index (χ4n) is 0.771. The van der Waals surface area contributed by atoms with E-state index < -0.39 is 0 Å². The Kier molecular flexibility index (Phi) is 1.81. The fraction of sp³-hybridized carbons (Fsp3) is 0.500. The molecule has 1 rings (SSSR count). The molecule has 9 heavy (non-hydrogen) atoms. The molecule has 0 saturated carbocycles. The highest BCUT2D eigenvalue weighted by molar-refractivity contribution is 7.98. The van der Waals surface area contributed by atoms with Crippen molar-refractivity contribution in [2.45, 2.75) is 11.9 Å². The number of thioether (sulfide) groups is 1. The van der Waals surface area contributed by atoms with Gasteiger partial charge in [-0.1, -0.05) is 0 Å². The second-order valence-corrected chi connectivity index (χ2v) is 2.66. The zero-order valence-corrected chi connectivity index (χ0v) is 6.62. The van der Waals surface area contributed by atoms with Crippen LogP contribution in [0.5, 0.6) is 0 Å². The highest BCUT2D eigenvalue weighted by Gasteiger charge is 2.00. The normalized spacial score (nSPS) is 10.1. The quantitative estimate of drug-likeness (QED) is 0.548. The van der Waals surface area contributed by atoms with E-state index in [1.807, 2.05) is 24.9 Å². The molecule has 1 aromatic heterocycles. The van der Waals surface area contributed by atoms with Crippen LogP contribution in [0.15, 0.2) is 5.03 Å². The molecule has 0 unspecified atom stereocenters. The van der Waals surface area contributed by atoms with Crippen molar-refractivity contribution in [1.82, 2.24) is 9.78 Å². The molecule has 0 amide bonds. The Hall–Kier alpha value is -0.440. The van der Waals surface area contributed by atoms with Crippen LogP contribution in [0.4, 0.5) is 0 Å². The third kappa shape index (κ3) is 1.10. The molecule has 1 aromatic rings. The average Bonchev–Trinajstić information content (AvgIpc) is 2.12. The first kappa shape index (κ1) is 6.68. The molecule has 0 aliphatic heterocycles. The number of hydrogen-bond donors (Lipinski definition) is 0. The highest BCUT2D eigenvalue weighted by Crippen LogP contribution is 2.16. The van der Waals surface area contributed by atoms with E-state index in [0.29, 0.717) is 0 Å². The summed E-state index contributed by atoms with van der Waals surface area (Å²) in [6, 6.07) is 0. The third-order valence-corrected chi connectivity index (χ3v) is 2.13. The Balaban J connectivity index is 3.07. The van der Waals surface area contributed by atoms with Gasteiger partial charge >= 0.3 is 0 Å². The Bertz CT molecular complexity index is 185. The summed E-state index contributed by atoms with van der Waals surface area (Å²) in [6.07, 6.45) is 4.92. The highest BCUT2D eigenvalue weighted by atomic mass is 32.2. The van der Waals surface area contributed by atoms with Gasteiger partial charge in [0.25, 0.3) is 0 Å². The van der Waals surface area contributed by atoms with Crippen LogP contribution in [0, 0.1) is 13.1 Å². The lowest BCUT2D eigenvalue weighted by Gasteiger charge is -1.95. The van der Waals surface area contributed by atoms with Gasteiger partial charge in [0, 0.05) is 12.6 Å². The molecule has 1 heterocycles. The first-order valence-corrected chi connectivity index (χ1v) is 3.93. The van der Waals surface area contributed by atoms with Gasteiger partial charge in [-0.25, -0.2) is 0 Å². The molecule has 0 aliphatic carbocycles. The van der Waals surface area contributed by atoms with Gasteiger partial charge in [0.15, 0.2) is 0 Å². The van der Waals surface area contributed by atoms with E-state index in [2.05, 4.69) is 11.3 Å². The van der Waals surface area contributed by atoms with Gasteiger partial charge in [-0.05, 0) is 13.2 Å². The largest absolute Gasteiger partial charge is 0.261 e. The Morgan fingerprint density at radius 2 is 2.33 bits per heavy atom. The second kappa shape index (κ2) is 2.43. The number of aromatic nitrogens is 2. The first-order valence-electron chi connectivity index (χ1n) is 2.71. The number of nitrogens with zero attached hydrogens (tertiary/aromatic N) is 2. The van der Waals surface area contributed by atoms with Crippen molar-refractivity contribution in [3.8, 4) is 0 Å². The van der Waals surface area contributed by atoms with Gasteiger partial charge in [0.05, 0.1) is 5.03 Å². The molecule has 2 nitrogen and oxygen atoms in total. The van der Waals surface area contributed by atoms with Gasteiger partial charge in [0.2, 0.25) is 0 Å². The predicted molar refractivity (Wildman–Crippen MR) is 38.6 cm³/mol. The van der Waals surface area contributed by atoms with Gasteiger partial charge in [-0.2, -0.15) is 5.10 Å². The summed E-state index contributed by atoms with van der Waals surface area (Å²) in [5, 5.41) is 5.15. The minimum atomic E-state index is 1.13. The van der Waals surface area contributed by atoms with Crippen LogP contribution in [-0.4, -0.2) is 16.0 Å². The van der Waals surface area contributed by atoms with E-state index in [1.165, 1.54) is 5.03 Å². The lowest BCUT2D eigenvalue weighted by Crippen LogP contribution is -1.90. The molecular weight excluding hydrogens is 132 g/mol. The zero-order chi connectivity index (χ0) is 6.85. The van der Waals surface area contributed by atoms with E-state index in [9.17, 15) is 0 Å². The minimum absolute atomic E-state index is 1.13. The molecule has 49 valence electrons. The van der Waals surface area contributed by atoms with Crippen molar-refractivity contribution in [3.63, 3.8) is 0 Å². The van der Waals surface area contributed by atoms with Gasteiger partial charge in [-0.15, -0.1) is 11.8 Å². The molecular formula is C6H9N2S. The van der Waals surface area contributed by atoms with Crippen LogP contribution in [0.25, 0.3) is 0 Å². The second-order valence-electron chi connectivity index (χ2n) is 1.87. The number of aryl methyl sites for hydroxylation is 2. The van der Waals surface area contributed by atoms with Crippen molar-refractivity contribution < 1.29 is 0 Å². The molecule has 0 aromatic carbocycles. The van der Waals surface area contributed by atoms with E-state index in [0.717, 1.165) is 5.56 Å². The lowest BCUT2D eigenvalue weighted by molar-refractivity contribution is 0.696. The Morgan fingerprint density at radius 1 is 1.67 bits per heavy atom. The molecule has 1 radical (unpaired) electrons. The number of rotatable bonds is 1. The van der Waals surface area contributed by atoms with E-state index in [-0.39, 0.29) is 0 Å². The Morgan fingerprint density at radius 3 is 2.56 bits per heavy atom. The van der Waals surface area contributed by atoms with Crippen molar-refractivity contribution in [3.05, 3.63) is 11.8 Å². The minimum Gasteiger partial charge on any atom is -0.261 e. The number of hydrogen-bond acceptors (Lipinski definition) is 2. The zero-order valence-electron chi connectivity index (χ0n) is 5.80. The van der Waals surface area contributed by atoms with Gasteiger partial charge in [-0.3, -0.25) is 4.68 Å². The van der Waals surface area contributed by atoms with Crippen molar-refractivity contribution in [2.24, 2.45) is 7.05 Å². The summed E-state index contributed by atoms with van der Waals surface area (Å²) in [6.45, 7) is 2.01. The molecule has 0 aliphatic rings. The SMILES string of the molecule is CSc1c(C)[c]nn1C. The van der Waals surface area contributed by atoms with Crippen LogP contribution in [0.2, 0.25) is 0 Å². The lowest BCUT2D eigenvalue weighted by atomic mass is 10.4. The molecule has 0 bridgehead atoms. The summed E-state index contributed by atoms with van der Waals surface area (Å²) < 4.78 is 1.83. The third-order valence-electron chi connectivity index (χ3n) is 1.18. The van der Waals surface area contributed by atoms with E-state index >= 15 is 0 Å². The monoisotopic (exact) mass is 141 g/mol. The summed E-state index contributed by atoms with van der Waals surface area (Å²) >= 11 is 1.70. The van der Waals surface area contributed by atoms with Crippen molar-refractivity contribution in [2.75, 3.05) is 6.26 Å². The van der Waals surface area contributed by atoms with Crippen LogP contribution in [-0.2, 0) is 7.05 Å². The van der Waals surface area contributed by atoms with Crippen LogP contribution in [0.3, 0.4) is 0 Å². The van der Waals surface area contributed by atoms with Crippen molar-refractivity contribution in [1.29, 1.82) is 0 Å². The smallest absolute Gasteiger partial charge is 0.117 e. The van der Waals surface area contributed by atoms with Crippen molar-refractivity contribution >= 4 is 11.8 Å². The first-order chi connectivity index (χ1) is 4.25. The standard InChI is InChI=1S/C6H9N2S/c1-5-4-7-8(2)6(5)9-3/h1-3H3.